The van der Waals surface area contributed by atoms with E-state index in [4.69, 9.17) is 0 Å². The number of nitrogens with one attached hydrogen (secondary N) is 2. The number of likely N-dealkylation sites (tertiary alicyclic amines) is 1. The van der Waals surface area contributed by atoms with Crippen molar-refractivity contribution in [2.75, 3.05) is 23.7 Å². The molecule has 148 valence electrons. The van der Waals surface area contributed by atoms with E-state index in [-0.39, 0.29) is 11.8 Å². The van der Waals surface area contributed by atoms with Crippen molar-refractivity contribution in [3.8, 4) is 0 Å². The van der Waals surface area contributed by atoms with E-state index < -0.39 is 0 Å². The molecule has 0 saturated carbocycles. The number of amides is 2. The fourth-order valence-electron chi connectivity index (χ4n) is 4.19. The van der Waals surface area contributed by atoms with Crippen molar-refractivity contribution in [3.63, 3.8) is 0 Å². The Bertz CT molecular complexity index is 862. The lowest BCUT2D eigenvalue weighted by atomic mass is 10.0. The molecule has 2 heterocycles. The van der Waals surface area contributed by atoms with Gasteiger partial charge in [-0.15, -0.1) is 11.3 Å². The summed E-state index contributed by atoms with van der Waals surface area (Å²) >= 11 is 1.57. The quantitative estimate of drug-likeness (QED) is 0.791. The molecule has 0 spiro atoms. The van der Waals surface area contributed by atoms with E-state index in [1.165, 1.54) is 11.3 Å². The van der Waals surface area contributed by atoms with E-state index in [0.29, 0.717) is 23.2 Å². The lowest BCUT2D eigenvalue weighted by Gasteiger charge is -2.32. The minimum atomic E-state index is -0.132. The maximum atomic E-state index is 13.0. The van der Waals surface area contributed by atoms with Crippen LogP contribution in [0.4, 0.5) is 10.7 Å². The van der Waals surface area contributed by atoms with Gasteiger partial charge in [0.1, 0.15) is 5.00 Å². The number of thiophene rings is 1. The predicted octanol–water partition coefficient (Wildman–Crippen LogP) is 4.30. The van der Waals surface area contributed by atoms with Gasteiger partial charge in [0, 0.05) is 16.6 Å². The number of aryl methyl sites for hydroxylation is 1. The molecule has 2 amide bonds. The van der Waals surface area contributed by atoms with Gasteiger partial charge in [-0.3, -0.25) is 14.5 Å². The first kappa shape index (κ1) is 19.2. The van der Waals surface area contributed by atoms with Gasteiger partial charge in [0.2, 0.25) is 5.91 Å². The van der Waals surface area contributed by atoms with Crippen LogP contribution in [-0.2, 0) is 17.6 Å². The van der Waals surface area contributed by atoms with E-state index in [0.717, 1.165) is 49.9 Å². The van der Waals surface area contributed by atoms with E-state index in [2.05, 4.69) is 22.5 Å². The van der Waals surface area contributed by atoms with Crippen LogP contribution in [0.15, 0.2) is 30.3 Å². The molecule has 1 atom stereocenters. The van der Waals surface area contributed by atoms with Crippen molar-refractivity contribution in [3.05, 3.63) is 46.3 Å². The monoisotopic (exact) mass is 397 g/mol. The molecular weight excluding hydrogens is 370 g/mol. The van der Waals surface area contributed by atoms with E-state index >= 15 is 0 Å². The highest BCUT2D eigenvalue weighted by Gasteiger charge is 2.28. The van der Waals surface area contributed by atoms with Crippen LogP contribution in [0.3, 0.4) is 0 Å². The summed E-state index contributed by atoms with van der Waals surface area (Å²) < 4.78 is 0. The first-order valence-corrected chi connectivity index (χ1v) is 11.0. The minimum Gasteiger partial charge on any atom is -0.322 e. The standard InChI is InChI=1S/C22H27N3O2S/c1-15-8-5-6-13-25(15)14-19(26)24-22-20(17-11-7-12-18(17)28-22)21(27)23-16-9-3-2-4-10-16/h2-4,9-10,15H,5-8,11-14H2,1H3,(H,23,27)(H,24,26). The van der Waals surface area contributed by atoms with Gasteiger partial charge < -0.3 is 10.6 Å². The molecule has 4 rings (SSSR count). The number of nitrogens with zero attached hydrogens (tertiary/aromatic N) is 1. The molecule has 1 aromatic heterocycles. The molecule has 1 aromatic carbocycles. The van der Waals surface area contributed by atoms with Gasteiger partial charge >= 0.3 is 0 Å². The van der Waals surface area contributed by atoms with Gasteiger partial charge in [-0.1, -0.05) is 24.6 Å². The SMILES string of the molecule is CC1CCCCN1CC(=O)Nc1sc2c(c1C(=O)Nc1ccccc1)CCC2. The van der Waals surface area contributed by atoms with Gasteiger partial charge in [-0.05, 0) is 63.3 Å². The van der Waals surface area contributed by atoms with E-state index in [1.807, 2.05) is 30.3 Å². The number of carbonyl (C=O) groups is 2. The summed E-state index contributed by atoms with van der Waals surface area (Å²) in [6.07, 6.45) is 6.50. The molecule has 1 saturated heterocycles. The number of hydrogen-bond acceptors (Lipinski definition) is 4. The normalized spacial score (nSPS) is 19.2. The average Bonchev–Trinajstić information content (AvgIpc) is 3.25. The first-order valence-electron chi connectivity index (χ1n) is 10.2. The Morgan fingerprint density at radius 1 is 1.11 bits per heavy atom. The Morgan fingerprint density at radius 3 is 2.71 bits per heavy atom. The minimum absolute atomic E-state index is 0.0255. The number of carbonyl (C=O) groups excluding carboxylic acids is 2. The highest BCUT2D eigenvalue weighted by Crippen LogP contribution is 2.39. The largest absolute Gasteiger partial charge is 0.322 e. The van der Waals surface area contributed by atoms with Gasteiger partial charge in [0.25, 0.3) is 5.91 Å². The number of rotatable bonds is 5. The molecule has 1 aliphatic heterocycles. The molecule has 28 heavy (non-hydrogen) atoms. The Balaban J connectivity index is 1.51. The van der Waals surface area contributed by atoms with Crippen molar-refractivity contribution >= 4 is 33.8 Å². The van der Waals surface area contributed by atoms with Crippen LogP contribution in [0.25, 0.3) is 0 Å². The van der Waals surface area contributed by atoms with Crippen LogP contribution in [0.1, 0.15) is 53.4 Å². The van der Waals surface area contributed by atoms with Crippen LogP contribution in [0.5, 0.6) is 0 Å². The molecule has 6 heteroatoms. The maximum absolute atomic E-state index is 13.0. The molecular formula is C22H27N3O2S. The van der Waals surface area contributed by atoms with Gasteiger partial charge in [0.05, 0.1) is 12.1 Å². The van der Waals surface area contributed by atoms with Gasteiger partial charge in [-0.2, -0.15) is 0 Å². The van der Waals surface area contributed by atoms with Crippen molar-refractivity contribution in [1.82, 2.24) is 4.90 Å². The highest BCUT2D eigenvalue weighted by atomic mass is 32.1. The van der Waals surface area contributed by atoms with E-state index in [1.54, 1.807) is 11.3 Å². The van der Waals surface area contributed by atoms with E-state index in [9.17, 15) is 9.59 Å². The number of benzene rings is 1. The van der Waals surface area contributed by atoms with Gasteiger partial charge in [0.15, 0.2) is 0 Å². The molecule has 2 aromatic rings. The fraction of sp³-hybridized carbons (Fsp3) is 0.455. The zero-order valence-corrected chi connectivity index (χ0v) is 17.1. The summed E-state index contributed by atoms with van der Waals surface area (Å²) in [5.41, 5.74) is 2.53. The number of fused-ring (bicyclic) bond motifs is 1. The van der Waals surface area contributed by atoms with Crippen LogP contribution in [0.2, 0.25) is 0 Å². The lowest BCUT2D eigenvalue weighted by molar-refractivity contribution is -0.118. The summed E-state index contributed by atoms with van der Waals surface area (Å²) in [6.45, 7) is 3.55. The third-order valence-electron chi connectivity index (χ3n) is 5.72. The fourth-order valence-corrected chi connectivity index (χ4v) is 5.49. The summed E-state index contributed by atoms with van der Waals surface area (Å²) in [7, 11) is 0. The Labute approximate surface area is 170 Å². The van der Waals surface area contributed by atoms with Crippen LogP contribution in [0, 0.1) is 0 Å². The first-order chi connectivity index (χ1) is 13.6. The third kappa shape index (κ3) is 4.13. The van der Waals surface area contributed by atoms with Crippen molar-refractivity contribution in [2.45, 2.75) is 51.5 Å². The average molecular weight is 398 g/mol. The second kappa shape index (κ2) is 8.45. The van der Waals surface area contributed by atoms with Crippen molar-refractivity contribution in [1.29, 1.82) is 0 Å². The summed E-state index contributed by atoms with van der Waals surface area (Å²) in [5, 5.41) is 6.74. The Kier molecular flexibility index (Phi) is 5.78. The third-order valence-corrected chi connectivity index (χ3v) is 6.93. The molecule has 0 bridgehead atoms. The highest BCUT2D eigenvalue weighted by molar-refractivity contribution is 7.17. The molecule has 2 N–H and O–H groups in total. The predicted molar refractivity (Wildman–Crippen MR) is 114 cm³/mol. The van der Waals surface area contributed by atoms with Crippen LogP contribution in [-0.4, -0.2) is 35.8 Å². The van der Waals surface area contributed by atoms with Crippen molar-refractivity contribution in [2.24, 2.45) is 0 Å². The second-order valence-corrected chi connectivity index (χ2v) is 8.85. The van der Waals surface area contributed by atoms with Crippen LogP contribution < -0.4 is 10.6 Å². The zero-order valence-electron chi connectivity index (χ0n) is 16.3. The molecule has 2 aliphatic rings. The molecule has 1 aliphatic carbocycles. The lowest BCUT2D eigenvalue weighted by Crippen LogP contribution is -2.42. The van der Waals surface area contributed by atoms with Crippen LogP contribution >= 0.6 is 11.3 Å². The van der Waals surface area contributed by atoms with Crippen molar-refractivity contribution < 1.29 is 9.59 Å². The topological polar surface area (TPSA) is 61.4 Å². The zero-order chi connectivity index (χ0) is 19.5. The maximum Gasteiger partial charge on any atom is 0.258 e. The van der Waals surface area contributed by atoms with Gasteiger partial charge in [-0.25, -0.2) is 0 Å². The molecule has 0 radical (unpaired) electrons. The number of piperidine rings is 1. The Morgan fingerprint density at radius 2 is 1.93 bits per heavy atom. The second-order valence-electron chi connectivity index (χ2n) is 7.75. The summed E-state index contributed by atoms with van der Waals surface area (Å²) in [5.74, 6) is -0.158. The number of para-hydroxylation sites is 1. The summed E-state index contributed by atoms with van der Waals surface area (Å²) in [4.78, 5) is 29.2. The molecule has 1 fully saturated rings. The number of hydrogen-bond donors (Lipinski definition) is 2. The molecule has 1 unspecified atom stereocenters. The molecule has 5 nitrogen and oxygen atoms in total. The summed E-state index contributed by atoms with van der Waals surface area (Å²) in [6, 6.07) is 9.91. The Hall–Kier alpha value is -2.18. The number of anilines is 2. The smallest absolute Gasteiger partial charge is 0.258 e.